The van der Waals surface area contributed by atoms with Crippen molar-refractivity contribution in [2.45, 2.75) is 0 Å². The largest absolute Gasteiger partial charge is 0.437 e. The quantitative estimate of drug-likeness (QED) is 0.643. The van der Waals surface area contributed by atoms with Crippen molar-refractivity contribution in [3.05, 3.63) is 44.5 Å². The summed E-state index contributed by atoms with van der Waals surface area (Å²) in [5.74, 6) is 0.0506. The van der Waals surface area contributed by atoms with E-state index in [1.165, 1.54) is 6.07 Å². The highest BCUT2D eigenvalue weighted by Gasteiger charge is 2.12. The molecule has 0 aliphatic heterocycles. The Kier molecular flexibility index (Phi) is 2.50. The van der Waals surface area contributed by atoms with E-state index in [1.54, 1.807) is 18.2 Å². The van der Waals surface area contributed by atoms with Gasteiger partial charge in [-0.25, -0.2) is 0 Å². The molecule has 0 unspecified atom stereocenters. The lowest BCUT2D eigenvalue weighted by atomic mass is 10.1. The average molecular weight is 316 g/mol. The molecule has 0 aliphatic carbocycles. The zero-order valence-corrected chi connectivity index (χ0v) is 11.1. The van der Waals surface area contributed by atoms with Gasteiger partial charge in [-0.2, -0.15) is 10.2 Å². The van der Waals surface area contributed by atoms with Crippen molar-refractivity contribution in [2.24, 2.45) is 0 Å². The molecule has 2 aromatic heterocycles. The Morgan fingerprint density at radius 2 is 2.11 bits per heavy atom. The third-order valence-electron chi connectivity index (χ3n) is 2.77. The molecule has 0 atom stereocenters. The molecule has 0 aliphatic rings. The van der Waals surface area contributed by atoms with E-state index in [1.807, 2.05) is 6.07 Å². The Labute approximate surface area is 115 Å². The number of halogens is 1. The summed E-state index contributed by atoms with van der Waals surface area (Å²) >= 11 is 3.30. The third-order valence-corrected chi connectivity index (χ3v) is 3.27. The van der Waals surface area contributed by atoms with Gasteiger partial charge in [0.1, 0.15) is 17.5 Å². The maximum Gasteiger partial charge on any atom is 0.232 e. The van der Waals surface area contributed by atoms with E-state index in [2.05, 4.69) is 20.9 Å². The zero-order valence-electron chi connectivity index (χ0n) is 9.48. The number of fused-ring (bicyclic) bond motifs is 2. The van der Waals surface area contributed by atoms with E-state index in [-0.39, 0.29) is 27.9 Å². The Morgan fingerprint density at radius 3 is 2.84 bits per heavy atom. The molecule has 0 radical (unpaired) electrons. The molecule has 0 bridgehead atoms. The molecule has 2 heterocycles. The fourth-order valence-corrected chi connectivity index (χ4v) is 2.22. The Balaban J connectivity index is 2.55. The summed E-state index contributed by atoms with van der Waals surface area (Å²) in [7, 11) is 0. The summed E-state index contributed by atoms with van der Waals surface area (Å²) in [5.41, 5.74) is 6.10. The molecule has 0 fully saturated rings. The molecule has 5 nitrogen and oxygen atoms in total. The van der Waals surface area contributed by atoms with Gasteiger partial charge in [-0.3, -0.25) is 4.79 Å². The van der Waals surface area contributed by atoms with Crippen LogP contribution in [0.4, 0.5) is 5.82 Å². The monoisotopic (exact) mass is 315 g/mol. The maximum absolute atomic E-state index is 12.3. The number of anilines is 1. The van der Waals surface area contributed by atoms with Crippen LogP contribution < -0.4 is 11.2 Å². The molecule has 0 amide bonds. The van der Waals surface area contributed by atoms with Crippen molar-refractivity contribution in [3.8, 4) is 6.07 Å². The second kappa shape index (κ2) is 4.07. The van der Waals surface area contributed by atoms with Crippen LogP contribution in [-0.2, 0) is 0 Å². The molecule has 0 spiro atoms. The Morgan fingerprint density at radius 1 is 1.32 bits per heavy atom. The van der Waals surface area contributed by atoms with Gasteiger partial charge >= 0.3 is 0 Å². The molecule has 6 heteroatoms. The van der Waals surface area contributed by atoms with Crippen molar-refractivity contribution >= 4 is 43.8 Å². The SMILES string of the molecule is N#Cc1cc2c(=O)c3cc(Br)ccc3oc2nc1N. The van der Waals surface area contributed by atoms with Gasteiger partial charge in [0.25, 0.3) is 0 Å². The molecule has 2 N–H and O–H groups in total. The molecule has 3 rings (SSSR count). The molecule has 1 aromatic carbocycles. The van der Waals surface area contributed by atoms with Crippen LogP contribution in [0.1, 0.15) is 5.56 Å². The van der Waals surface area contributed by atoms with Crippen molar-refractivity contribution in [3.63, 3.8) is 0 Å². The third kappa shape index (κ3) is 1.75. The van der Waals surface area contributed by atoms with Crippen LogP contribution in [0.15, 0.2) is 37.9 Å². The highest BCUT2D eigenvalue weighted by molar-refractivity contribution is 9.10. The number of nitrogens with zero attached hydrogens (tertiary/aromatic N) is 2. The predicted octanol–water partition coefficient (Wildman–Crippen LogP) is 2.56. The molecular formula is C13H6BrN3O2. The highest BCUT2D eigenvalue weighted by atomic mass is 79.9. The summed E-state index contributed by atoms with van der Waals surface area (Å²) in [6, 6.07) is 8.42. The lowest BCUT2D eigenvalue weighted by molar-refractivity contribution is 0.645. The maximum atomic E-state index is 12.3. The molecule has 3 aromatic rings. The highest BCUT2D eigenvalue weighted by Crippen LogP contribution is 2.22. The van der Waals surface area contributed by atoms with E-state index >= 15 is 0 Å². The summed E-state index contributed by atoms with van der Waals surface area (Å²) in [5, 5.41) is 9.59. The second-order valence-electron chi connectivity index (χ2n) is 3.96. The Hall–Kier alpha value is -2.39. The van der Waals surface area contributed by atoms with Crippen LogP contribution in [0.25, 0.3) is 22.1 Å². The first kappa shape index (κ1) is 11.7. The first-order valence-corrected chi connectivity index (χ1v) is 6.12. The topological polar surface area (TPSA) is 92.9 Å². The van der Waals surface area contributed by atoms with Crippen LogP contribution >= 0.6 is 15.9 Å². The summed E-state index contributed by atoms with van der Waals surface area (Å²) in [6.45, 7) is 0. The molecule has 0 saturated heterocycles. The van der Waals surface area contributed by atoms with Gasteiger partial charge in [0, 0.05) is 4.47 Å². The average Bonchev–Trinajstić information content (AvgIpc) is 2.39. The molecule has 0 saturated carbocycles. The van der Waals surface area contributed by atoms with Crippen LogP contribution in [0, 0.1) is 11.3 Å². The standard InChI is InChI=1S/C13H6BrN3O2/c14-7-1-2-10-8(4-7)11(18)9-3-6(5-15)12(16)17-13(9)19-10/h1-4H,(H2,16,17). The minimum Gasteiger partial charge on any atom is -0.437 e. The Bertz CT molecular complexity index is 925. The lowest BCUT2D eigenvalue weighted by Crippen LogP contribution is -2.05. The summed E-state index contributed by atoms with van der Waals surface area (Å²) in [6.07, 6.45) is 0. The predicted molar refractivity (Wildman–Crippen MR) is 74.6 cm³/mol. The number of nitrogens with two attached hydrogens (primary N) is 1. The second-order valence-corrected chi connectivity index (χ2v) is 4.87. The van der Waals surface area contributed by atoms with E-state index in [0.717, 1.165) is 4.47 Å². The van der Waals surface area contributed by atoms with Crippen molar-refractivity contribution < 1.29 is 4.42 Å². The number of hydrogen-bond donors (Lipinski definition) is 1. The molecule has 19 heavy (non-hydrogen) atoms. The number of rotatable bonds is 0. The van der Waals surface area contributed by atoms with Gasteiger partial charge in [0.05, 0.1) is 16.3 Å². The fourth-order valence-electron chi connectivity index (χ4n) is 1.86. The van der Waals surface area contributed by atoms with Crippen LogP contribution in [-0.4, -0.2) is 4.98 Å². The minimum absolute atomic E-state index is 0.0506. The van der Waals surface area contributed by atoms with Gasteiger partial charge in [-0.15, -0.1) is 0 Å². The van der Waals surface area contributed by atoms with Crippen molar-refractivity contribution in [1.82, 2.24) is 4.98 Å². The summed E-state index contributed by atoms with van der Waals surface area (Å²) in [4.78, 5) is 16.3. The number of benzene rings is 1. The fraction of sp³-hybridized carbons (Fsp3) is 0. The first-order valence-electron chi connectivity index (χ1n) is 5.33. The van der Waals surface area contributed by atoms with E-state index < -0.39 is 0 Å². The van der Waals surface area contributed by atoms with Gasteiger partial charge < -0.3 is 10.2 Å². The first-order chi connectivity index (χ1) is 9.10. The van der Waals surface area contributed by atoms with Crippen LogP contribution in [0.5, 0.6) is 0 Å². The van der Waals surface area contributed by atoms with Crippen molar-refractivity contribution in [1.29, 1.82) is 5.26 Å². The smallest absolute Gasteiger partial charge is 0.232 e. The molecular weight excluding hydrogens is 310 g/mol. The zero-order chi connectivity index (χ0) is 13.6. The normalized spacial score (nSPS) is 10.7. The van der Waals surface area contributed by atoms with Crippen LogP contribution in [0.2, 0.25) is 0 Å². The van der Waals surface area contributed by atoms with Gasteiger partial charge in [0.15, 0.2) is 0 Å². The number of hydrogen-bond acceptors (Lipinski definition) is 5. The van der Waals surface area contributed by atoms with Crippen LogP contribution in [0.3, 0.4) is 0 Å². The summed E-state index contributed by atoms with van der Waals surface area (Å²) < 4.78 is 6.31. The van der Waals surface area contributed by atoms with E-state index in [0.29, 0.717) is 11.0 Å². The number of nitrogen functional groups attached to an aromatic ring is 1. The van der Waals surface area contributed by atoms with Gasteiger partial charge in [-0.05, 0) is 24.3 Å². The van der Waals surface area contributed by atoms with E-state index in [4.69, 9.17) is 15.4 Å². The number of pyridine rings is 1. The molecule has 92 valence electrons. The number of aromatic nitrogens is 1. The van der Waals surface area contributed by atoms with Crippen molar-refractivity contribution in [2.75, 3.05) is 5.73 Å². The minimum atomic E-state index is -0.235. The van der Waals surface area contributed by atoms with Gasteiger partial charge in [0.2, 0.25) is 11.1 Å². The van der Waals surface area contributed by atoms with E-state index in [9.17, 15) is 4.79 Å². The lowest BCUT2D eigenvalue weighted by Gasteiger charge is -2.03. The number of nitriles is 1. The van der Waals surface area contributed by atoms with Gasteiger partial charge in [-0.1, -0.05) is 15.9 Å².